The van der Waals surface area contributed by atoms with Crippen molar-refractivity contribution in [2.75, 3.05) is 19.6 Å². The van der Waals surface area contributed by atoms with Gasteiger partial charge in [-0.15, -0.1) is 10.2 Å². The molecule has 6 heteroatoms. The Morgan fingerprint density at radius 1 is 0.970 bits per heavy atom. The van der Waals surface area contributed by atoms with Crippen molar-refractivity contribution in [2.45, 2.75) is 51.0 Å². The number of hydrogen-bond donors (Lipinski definition) is 1. The van der Waals surface area contributed by atoms with Crippen molar-refractivity contribution in [2.24, 2.45) is 5.41 Å². The van der Waals surface area contributed by atoms with Crippen LogP contribution in [-0.4, -0.2) is 45.3 Å². The summed E-state index contributed by atoms with van der Waals surface area (Å²) in [5.41, 5.74) is 2.59. The first-order chi connectivity index (χ1) is 16.2. The Bertz CT molecular complexity index is 1040. The van der Waals surface area contributed by atoms with Crippen molar-refractivity contribution in [1.29, 1.82) is 0 Å². The number of rotatable bonds is 6. The van der Waals surface area contributed by atoms with E-state index in [2.05, 4.69) is 56.5 Å². The second kappa shape index (κ2) is 9.77. The molecule has 2 aliphatic rings. The van der Waals surface area contributed by atoms with Gasteiger partial charge in [-0.2, -0.15) is 0 Å². The lowest BCUT2D eigenvalue weighted by Crippen LogP contribution is -2.41. The van der Waals surface area contributed by atoms with Crippen LogP contribution in [0.5, 0.6) is 0 Å². The third-order valence-electron chi connectivity index (χ3n) is 7.47. The predicted molar refractivity (Wildman–Crippen MR) is 129 cm³/mol. The lowest BCUT2D eigenvalue weighted by Gasteiger charge is -2.37. The summed E-state index contributed by atoms with van der Waals surface area (Å²) in [6, 6.07) is 20.8. The van der Waals surface area contributed by atoms with Gasteiger partial charge in [0.1, 0.15) is 12.2 Å². The van der Waals surface area contributed by atoms with Crippen molar-refractivity contribution in [3.05, 3.63) is 83.9 Å². The molecule has 33 heavy (non-hydrogen) atoms. The number of amides is 2. The minimum Gasteiger partial charge on any atom is -0.338 e. The molecular formula is C27H33N5O. The number of aromatic nitrogens is 3. The number of carbonyl (C=O) groups is 1. The molecule has 1 saturated carbocycles. The molecule has 1 atom stereocenters. The molecule has 1 unspecified atom stereocenters. The molecule has 0 radical (unpaired) electrons. The number of nitrogens with one attached hydrogen (secondary N) is 1. The zero-order valence-corrected chi connectivity index (χ0v) is 19.2. The highest BCUT2D eigenvalue weighted by molar-refractivity contribution is 5.74. The van der Waals surface area contributed by atoms with E-state index in [1.165, 1.54) is 30.4 Å². The van der Waals surface area contributed by atoms with E-state index >= 15 is 0 Å². The largest absolute Gasteiger partial charge is 0.338 e. The highest BCUT2D eigenvalue weighted by atomic mass is 16.2. The van der Waals surface area contributed by atoms with Crippen LogP contribution in [0.1, 0.15) is 55.0 Å². The Hall–Kier alpha value is -3.15. The average molecular weight is 444 g/mol. The number of benzene rings is 2. The quantitative estimate of drug-likeness (QED) is 0.604. The van der Waals surface area contributed by atoms with E-state index in [9.17, 15) is 4.79 Å². The molecule has 6 nitrogen and oxygen atoms in total. The molecule has 1 saturated heterocycles. The number of likely N-dealkylation sites (tertiary alicyclic amines) is 1. The van der Waals surface area contributed by atoms with Crippen LogP contribution >= 0.6 is 0 Å². The average Bonchev–Trinajstić information content (AvgIpc) is 3.45. The van der Waals surface area contributed by atoms with Gasteiger partial charge < -0.3 is 14.8 Å². The normalized spacial score (nSPS) is 19.6. The first-order valence-corrected chi connectivity index (χ1v) is 12.2. The molecular weight excluding hydrogens is 410 g/mol. The third-order valence-corrected chi connectivity index (χ3v) is 7.47. The molecule has 1 aliphatic carbocycles. The predicted octanol–water partition coefficient (Wildman–Crippen LogP) is 4.63. The Kier molecular flexibility index (Phi) is 6.42. The maximum atomic E-state index is 13.1. The maximum Gasteiger partial charge on any atom is 0.317 e. The summed E-state index contributed by atoms with van der Waals surface area (Å²) >= 11 is 0. The van der Waals surface area contributed by atoms with Crippen LogP contribution in [0.3, 0.4) is 0 Å². The molecule has 1 spiro atoms. The first-order valence-electron chi connectivity index (χ1n) is 12.2. The fourth-order valence-corrected chi connectivity index (χ4v) is 5.75. The molecule has 2 amide bonds. The van der Waals surface area contributed by atoms with Crippen LogP contribution in [0.15, 0.2) is 67.0 Å². The minimum atomic E-state index is 0.0486. The zero-order chi connectivity index (χ0) is 22.5. The van der Waals surface area contributed by atoms with Gasteiger partial charge in [-0.1, -0.05) is 79.9 Å². The summed E-state index contributed by atoms with van der Waals surface area (Å²) < 4.78 is 2.19. The van der Waals surface area contributed by atoms with Crippen LogP contribution in [0, 0.1) is 5.41 Å². The van der Waals surface area contributed by atoms with Crippen molar-refractivity contribution < 1.29 is 4.79 Å². The smallest absolute Gasteiger partial charge is 0.317 e. The first kappa shape index (κ1) is 21.7. The van der Waals surface area contributed by atoms with E-state index < -0.39 is 0 Å². The second-order valence-electron chi connectivity index (χ2n) is 9.63. The topological polar surface area (TPSA) is 63.1 Å². The van der Waals surface area contributed by atoms with Crippen LogP contribution in [-0.2, 0) is 13.0 Å². The molecule has 2 heterocycles. The number of hydrogen-bond acceptors (Lipinski definition) is 3. The van der Waals surface area contributed by atoms with E-state index in [-0.39, 0.29) is 17.4 Å². The summed E-state index contributed by atoms with van der Waals surface area (Å²) in [7, 11) is 0. The lowest BCUT2D eigenvalue weighted by atomic mass is 9.67. The molecule has 2 fully saturated rings. The molecule has 2 aromatic carbocycles. The van der Waals surface area contributed by atoms with Gasteiger partial charge in [0.15, 0.2) is 0 Å². The fraction of sp³-hybridized carbons (Fsp3) is 0.444. The molecule has 172 valence electrons. The van der Waals surface area contributed by atoms with E-state index in [1.807, 2.05) is 35.5 Å². The van der Waals surface area contributed by atoms with Gasteiger partial charge in [-0.3, -0.25) is 0 Å². The number of nitrogens with zero attached hydrogens (tertiary/aromatic N) is 4. The van der Waals surface area contributed by atoms with E-state index in [0.717, 1.165) is 38.2 Å². The van der Waals surface area contributed by atoms with Crippen LogP contribution in [0.25, 0.3) is 0 Å². The third kappa shape index (κ3) is 4.80. The standard InChI is InChI=1S/C27H33N5O/c33-26(28-17-14-22-10-4-1-5-11-22)31-19-24(27(20-31)15-8-3-9-16-27)25-30-29-21-32(25)18-23-12-6-2-7-13-23/h1-2,4-7,10-13,21,24H,3,8-9,14-20H2,(H,28,33). The van der Waals surface area contributed by atoms with E-state index in [1.54, 1.807) is 0 Å². The molecule has 5 rings (SSSR count). The summed E-state index contributed by atoms with van der Waals surface area (Å²) in [6.45, 7) is 2.94. The van der Waals surface area contributed by atoms with Crippen molar-refractivity contribution in [3.8, 4) is 0 Å². The van der Waals surface area contributed by atoms with Crippen LogP contribution in [0.2, 0.25) is 0 Å². The summed E-state index contributed by atoms with van der Waals surface area (Å²) in [4.78, 5) is 15.2. The highest BCUT2D eigenvalue weighted by Crippen LogP contribution is 2.51. The van der Waals surface area contributed by atoms with Gasteiger partial charge in [0.25, 0.3) is 0 Å². The van der Waals surface area contributed by atoms with Gasteiger partial charge >= 0.3 is 6.03 Å². The molecule has 1 aliphatic heterocycles. The van der Waals surface area contributed by atoms with E-state index in [4.69, 9.17) is 0 Å². The molecule has 3 aromatic rings. The Balaban J connectivity index is 1.31. The fourth-order valence-electron chi connectivity index (χ4n) is 5.75. The summed E-state index contributed by atoms with van der Waals surface area (Å²) in [6.07, 6.45) is 8.75. The van der Waals surface area contributed by atoms with Gasteiger partial charge in [0.2, 0.25) is 0 Å². The van der Waals surface area contributed by atoms with Crippen molar-refractivity contribution in [3.63, 3.8) is 0 Å². The van der Waals surface area contributed by atoms with Gasteiger partial charge in [-0.25, -0.2) is 4.79 Å². The maximum absolute atomic E-state index is 13.1. The summed E-state index contributed by atoms with van der Waals surface area (Å²) in [5.74, 6) is 1.25. The minimum absolute atomic E-state index is 0.0486. The van der Waals surface area contributed by atoms with Crippen LogP contribution < -0.4 is 5.32 Å². The SMILES string of the molecule is O=C(NCCc1ccccc1)N1CC(c2nncn2Cc2ccccc2)C2(CCCCC2)C1. The second-order valence-corrected chi connectivity index (χ2v) is 9.63. The monoisotopic (exact) mass is 443 g/mol. The highest BCUT2D eigenvalue weighted by Gasteiger charge is 2.50. The van der Waals surface area contributed by atoms with Crippen LogP contribution in [0.4, 0.5) is 4.79 Å². The number of carbonyl (C=O) groups excluding carboxylic acids is 1. The zero-order valence-electron chi connectivity index (χ0n) is 19.2. The van der Waals surface area contributed by atoms with Crippen molar-refractivity contribution in [1.82, 2.24) is 25.0 Å². The Morgan fingerprint density at radius 3 is 2.39 bits per heavy atom. The molecule has 1 aromatic heterocycles. The molecule has 1 N–H and O–H groups in total. The van der Waals surface area contributed by atoms with E-state index in [0.29, 0.717) is 13.1 Å². The Morgan fingerprint density at radius 2 is 1.67 bits per heavy atom. The van der Waals surface area contributed by atoms with Gasteiger partial charge in [0, 0.05) is 25.6 Å². The Labute approximate surface area is 196 Å². The molecule has 0 bridgehead atoms. The summed E-state index contributed by atoms with van der Waals surface area (Å²) in [5, 5.41) is 12.0. The van der Waals surface area contributed by atoms with Crippen molar-refractivity contribution >= 4 is 6.03 Å². The van der Waals surface area contributed by atoms with Gasteiger partial charge in [0.05, 0.1) is 6.54 Å². The number of urea groups is 1. The van der Waals surface area contributed by atoms with Gasteiger partial charge in [-0.05, 0) is 35.8 Å². The lowest BCUT2D eigenvalue weighted by molar-refractivity contribution is 0.164.